The number of methoxy groups -OCH3 is 1. The number of rotatable bonds is 7. The number of barbiturate groups is 1. The quantitative estimate of drug-likeness (QED) is 0.295. The van der Waals surface area contributed by atoms with E-state index in [1.807, 2.05) is 26.0 Å². The number of carbonyl (C=O) groups excluding carboxylic acids is 4. The Morgan fingerprint density at radius 3 is 2.33 bits per heavy atom. The van der Waals surface area contributed by atoms with Crippen molar-refractivity contribution < 1.29 is 28.7 Å². The van der Waals surface area contributed by atoms with Crippen molar-refractivity contribution in [3.63, 3.8) is 0 Å². The molecule has 0 unspecified atom stereocenters. The van der Waals surface area contributed by atoms with Gasteiger partial charge in [-0.1, -0.05) is 35.3 Å². The smallest absolute Gasteiger partial charge is 0.335 e. The molecule has 4 rings (SSSR count). The molecule has 0 radical (unpaired) electrons. The third-order valence-corrected chi connectivity index (χ3v) is 6.55. The normalized spacial score (nSPS) is 14.3. The fourth-order valence-electron chi connectivity index (χ4n) is 3.80. The highest BCUT2D eigenvalue weighted by atomic mass is 35.5. The number of nitrogens with zero attached hydrogens (tertiary/aromatic N) is 1. The molecule has 1 aliphatic heterocycles. The summed E-state index contributed by atoms with van der Waals surface area (Å²) in [4.78, 5) is 51.3. The third kappa shape index (κ3) is 6.05. The summed E-state index contributed by atoms with van der Waals surface area (Å²) in [6, 6.07) is 13.7. The van der Waals surface area contributed by atoms with Crippen molar-refractivity contribution >= 4 is 64.4 Å². The monoisotopic (exact) mass is 567 g/mol. The Kier molecular flexibility index (Phi) is 8.23. The molecule has 9 nitrogen and oxygen atoms in total. The molecule has 1 saturated heterocycles. The first-order chi connectivity index (χ1) is 18.6. The van der Waals surface area contributed by atoms with Crippen LogP contribution in [0.5, 0.6) is 11.5 Å². The van der Waals surface area contributed by atoms with Crippen LogP contribution in [0.2, 0.25) is 10.0 Å². The number of benzene rings is 3. The average Bonchev–Trinajstić information content (AvgIpc) is 2.89. The maximum Gasteiger partial charge on any atom is 0.335 e. The van der Waals surface area contributed by atoms with Gasteiger partial charge in [0.15, 0.2) is 12.4 Å². The van der Waals surface area contributed by atoms with E-state index in [-0.39, 0.29) is 33.7 Å². The van der Waals surface area contributed by atoms with Gasteiger partial charge in [0.05, 0.1) is 22.8 Å². The molecule has 0 aliphatic carbocycles. The first kappa shape index (κ1) is 27.7. The van der Waals surface area contributed by atoms with Crippen LogP contribution in [0.15, 0.2) is 60.2 Å². The molecule has 0 bridgehead atoms. The van der Waals surface area contributed by atoms with Crippen LogP contribution < -0.4 is 25.0 Å². The Bertz CT molecular complexity index is 1500. The average molecular weight is 568 g/mol. The predicted molar refractivity (Wildman–Crippen MR) is 148 cm³/mol. The van der Waals surface area contributed by atoms with Gasteiger partial charge in [-0.15, -0.1) is 0 Å². The lowest BCUT2D eigenvalue weighted by atomic mass is 10.1. The van der Waals surface area contributed by atoms with Crippen LogP contribution in [-0.2, 0) is 14.4 Å². The Morgan fingerprint density at radius 1 is 1.03 bits per heavy atom. The van der Waals surface area contributed by atoms with Crippen molar-refractivity contribution in [3.8, 4) is 11.5 Å². The number of halogens is 2. The maximum absolute atomic E-state index is 13.1. The van der Waals surface area contributed by atoms with Crippen LogP contribution >= 0.6 is 23.2 Å². The van der Waals surface area contributed by atoms with E-state index in [2.05, 4.69) is 10.6 Å². The van der Waals surface area contributed by atoms with Crippen LogP contribution in [0.1, 0.15) is 16.7 Å². The zero-order valence-electron chi connectivity index (χ0n) is 21.1. The number of hydrogen-bond donors (Lipinski definition) is 2. The van der Waals surface area contributed by atoms with E-state index < -0.39 is 23.8 Å². The number of carbonyl (C=O) groups is 4. The zero-order valence-corrected chi connectivity index (χ0v) is 22.6. The van der Waals surface area contributed by atoms with E-state index in [0.717, 1.165) is 16.0 Å². The molecule has 2 N–H and O–H groups in total. The highest BCUT2D eigenvalue weighted by molar-refractivity contribution is 6.40. The summed E-state index contributed by atoms with van der Waals surface area (Å²) < 4.78 is 10.7. The van der Waals surface area contributed by atoms with Gasteiger partial charge in [-0.25, -0.2) is 9.69 Å². The van der Waals surface area contributed by atoms with E-state index in [0.29, 0.717) is 17.0 Å². The summed E-state index contributed by atoms with van der Waals surface area (Å²) in [6.45, 7) is 3.49. The van der Waals surface area contributed by atoms with Crippen LogP contribution in [0, 0.1) is 13.8 Å². The number of nitrogens with one attached hydrogen (secondary N) is 2. The minimum absolute atomic E-state index is 0.0561. The van der Waals surface area contributed by atoms with Crippen LogP contribution in [-0.4, -0.2) is 37.5 Å². The fraction of sp³-hybridized carbons (Fsp3) is 0.143. The topological polar surface area (TPSA) is 114 Å². The van der Waals surface area contributed by atoms with Gasteiger partial charge in [-0.2, -0.15) is 0 Å². The van der Waals surface area contributed by atoms with Crippen molar-refractivity contribution in [2.24, 2.45) is 0 Å². The van der Waals surface area contributed by atoms with Gasteiger partial charge < -0.3 is 14.8 Å². The predicted octanol–water partition coefficient (Wildman–Crippen LogP) is 5.30. The first-order valence-corrected chi connectivity index (χ1v) is 12.4. The second-order valence-electron chi connectivity index (χ2n) is 8.55. The van der Waals surface area contributed by atoms with Crippen LogP contribution in [0.3, 0.4) is 0 Å². The van der Waals surface area contributed by atoms with E-state index >= 15 is 0 Å². The molecule has 39 heavy (non-hydrogen) atoms. The minimum Gasteiger partial charge on any atom is -0.497 e. The zero-order chi connectivity index (χ0) is 28.3. The van der Waals surface area contributed by atoms with Gasteiger partial charge in [0, 0.05) is 5.69 Å². The van der Waals surface area contributed by atoms with Crippen molar-refractivity contribution in [2.75, 3.05) is 23.9 Å². The largest absolute Gasteiger partial charge is 0.497 e. The van der Waals surface area contributed by atoms with Crippen molar-refractivity contribution in [1.82, 2.24) is 5.32 Å². The summed E-state index contributed by atoms with van der Waals surface area (Å²) in [6.07, 6.45) is 1.26. The van der Waals surface area contributed by atoms with Crippen molar-refractivity contribution in [2.45, 2.75) is 13.8 Å². The lowest BCUT2D eigenvalue weighted by Gasteiger charge is -2.26. The standard InChI is InChI=1S/C28H23Cl2N3O6/c1-15-5-4-6-23(16(15)2)31-24(34)14-39-25-21(29)12-17(13-22(25)30)11-20-26(35)32-28(37)33(27(20)36)18-7-9-19(38-3)10-8-18/h4-13H,14H2,1-3H3,(H,31,34)(H,32,35,37)/b20-11+. The SMILES string of the molecule is COc1ccc(N2C(=O)NC(=O)/C(=C\c3cc(Cl)c(OCC(=O)Nc4cccc(C)c4C)c(Cl)c3)C2=O)cc1. The van der Waals surface area contributed by atoms with E-state index in [1.165, 1.54) is 37.5 Å². The maximum atomic E-state index is 13.1. The molecule has 3 aromatic rings. The molecule has 0 aromatic heterocycles. The Morgan fingerprint density at radius 2 is 1.69 bits per heavy atom. The summed E-state index contributed by atoms with van der Waals surface area (Å²) in [5.41, 5.74) is 2.88. The number of imide groups is 2. The third-order valence-electron chi connectivity index (χ3n) is 5.99. The molecule has 0 saturated carbocycles. The Balaban J connectivity index is 1.52. The number of aryl methyl sites for hydroxylation is 1. The molecule has 0 spiro atoms. The molecule has 1 aliphatic rings. The summed E-state index contributed by atoms with van der Waals surface area (Å²) >= 11 is 12.7. The van der Waals surface area contributed by atoms with E-state index in [4.69, 9.17) is 32.7 Å². The fourth-order valence-corrected chi connectivity index (χ4v) is 4.41. The van der Waals surface area contributed by atoms with Gasteiger partial charge in [0.1, 0.15) is 11.3 Å². The summed E-state index contributed by atoms with van der Waals surface area (Å²) in [7, 11) is 1.49. The Hall–Kier alpha value is -4.34. The molecule has 0 atom stereocenters. The molecular weight excluding hydrogens is 545 g/mol. The second kappa shape index (κ2) is 11.6. The number of anilines is 2. The Labute approximate surface area is 234 Å². The highest BCUT2D eigenvalue weighted by Gasteiger charge is 2.36. The molecule has 1 heterocycles. The number of urea groups is 1. The second-order valence-corrected chi connectivity index (χ2v) is 9.37. The van der Waals surface area contributed by atoms with Gasteiger partial charge in [-0.05, 0) is 79.1 Å². The van der Waals surface area contributed by atoms with E-state index in [1.54, 1.807) is 18.2 Å². The molecule has 200 valence electrons. The molecule has 5 amide bonds. The molecule has 1 fully saturated rings. The van der Waals surface area contributed by atoms with Crippen molar-refractivity contribution in [1.29, 1.82) is 0 Å². The number of amides is 5. The lowest BCUT2D eigenvalue weighted by Crippen LogP contribution is -2.54. The summed E-state index contributed by atoms with van der Waals surface area (Å²) in [5.74, 6) is -1.51. The number of hydrogen-bond acceptors (Lipinski definition) is 6. The molecule has 3 aromatic carbocycles. The first-order valence-electron chi connectivity index (χ1n) is 11.6. The molecular formula is C28H23Cl2N3O6. The lowest BCUT2D eigenvalue weighted by molar-refractivity contribution is -0.122. The van der Waals surface area contributed by atoms with Gasteiger partial charge in [0.2, 0.25) is 0 Å². The van der Waals surface area contributed by atoms with E-state index in [9.17, 15) is 19.2 Å². The van der Waals surface area contributed by atoms with Crippen LogP contribution in [0.25, 0.3) is 6.08 Å². The van der Waals surface area contributed by atoms with Crippen molar-refractivity contribution in [3.05, 3.63) is 86.9 Å². The van der Waals surface area contributed by atoms with Gasteiger partial charge in [0.25, 0.3) is 17.7 Å². The van der Waals surface area contributed by atoms with Gasteiger partial charge >= 0.3 is 6.03 Å². The van der Waals surface area contributed by atoms with Gasteiger partial charge in [-0.3, -0.25) is 19.7 Å². The van der Waals surface area contributed by atoms with Crippen LogP contribution in [0.4, 0.5) is 16.2 Å². The minimum atomic E-state index is -0.883. The highest BCUT2D eigenvalue weighted by Crippen LogP contribution is 2.35. The summed E-state index contributed by atoms with van der Waals surface area (Å²) in [5, 5.41) is 5.05. The number of ether oxygens (including phenoxy) is 2. The molecule has 11 heteroatoms.